The average molecular weight is 235 g/mol. The summed E-state index contributed by atoms with van der Waals surface area (Å²) in [4.78, 5) is 0.133. The third-order valence-electron chi connectivity index (χ3n) is 1.15. The van der Waals surface area contributed by atoms with Gasteiger partial charge in [0.25, 0.3) is 0 Å². The quantitative estimate of drug-likeness (QED) is 0.588. The van der Waals surface area contributed by atoms with E-state index in [1.165, 1.54) is 6.07 Å². The van der Waals surface area contributed by atoms with Gasteiger partial charge in [0.1, 0.15) is 0 Å². The highest BCUT2D eigenvalue weighted by Crippen LogP contribution is 2.20. The Kier molecular flexibility index (Phi) is 2.64. The van der Waals surface area contributed by atoms with Crippen LogP contribution in [0, 0.1) is 0 Å². The molecule has 3 nitrogen and oxygen atoms in total. The number of nitrogens with two attached hydrogens (primary N) is 1. The highest BCUT2D eigenvalue weighted by molar-refractivity contribution is 9.10. The zero-order chi connectivity index (χ0) is 8.43. The van der Waals surface area contributed by atoms with Gasteiger partial charge in [0.05, 0.1) is 0 Å². The number of hydrogen-bond acceptors (Lipinski definition) is 3. The van der Waals surface area contributed by atoms with Crippen molar-refractivity contribution in [2.75, 3.05) is 5.73 Å². The summed E-state index contributed by atoms with van der Waals surface area (Å²) in [6.07, 6.45) is 0. The summed E-state index contributed by atoms with van der Waals surface area (Å²) in [5, 5.41) is 0. The largest absolute Gasteiger partial charge is 0.768 e. The number of benzene rings is 1. The molecular weight excluding hydrogens is 230 g/mol. The molecule has 1 atom stereocenters. The Labute approximate surface area is 75.0 Å². The van der Waals surface area contributed by atoms with Gasteiger partial charge in [-0.3, -0.25) is 4.21 Å². The first-order valence-electron chi connectivity index (χ1n) is 2.75. The lowest BCUT2D eigenvalue weighted by molar-refractivity contribution is 0.537. The molecule has 0 amide bonds. The average Bonchev–Trinajstić information content (AvgIpc) is 1.85. The van der Waals surface area contributed by atoms with Crippen LogP contribution in [0.2, 0.25) is 0 Å². The third-order valence-corrected chi connectivity index (χ3v) is 2.38. The monoisotopic (exact) mass is 234 g/mol. The fraction of sp³-hybridized carbons (Fsp3) is 0. The van der Waals surface area contributed by atoms with E-state index in [2.05, 4.69) is 15.9 Å². The third kappa shape index (κ3) is 2.02. The van der Waals surface area contributed by atoms with E-state index in [0.717, 1.165) is 4.47 Å². The van der Waals surface area contributed by atoms with Crippen molar-refractivity contribution in [1.82, 2.24) is 0 Å². The van der Waals surface area contributed by atoms with Crippen LogP contribution in [-0.2, 0) is 11.1 Å². The topological polar surface area (TPSA) is 66.2 Å². The van der Waals surface area contributed by atoms with Crippen molar-refractivity contribution >= 4 is 32.7 Å². The molecule has 0 spiro atoms. The zero-order valence-corrected chi connectivity index (χ0v) is 7.81. The van der Waals surface area contributed by atoms with Gasteiger partial charge in [0, 0.05) is 15.1 Å². The van der Waals surface area contributed by atoms with Crippen LogP contribution in [0.5, 0.6) is 0 Å². The molecule has 5 heteroatoms. The lowest BCUT2D eigenvalue weighted by Crippen LogP contribution is -1.95. The van der Waals surface area contributed by atoms with Crippen LogP contribution in [0.1, 0.15) is 0 Å². The van der Waals surface area contributed by atoms with Gasteiger partial charge in [-0.05, 0) is 29.3 Å². The fourth-order valence-corrected chi connectivity index (χ4v) is 1.48. The van der Waals surface area contributed by atoms with E-state index < -0.39 is 11.1 Å². The molecule has 1 unspecified atom stereocenters. The fourth-order valence-electron chi connectivity index (χ4n) is 0.671. The Morgan fingerprint density at radius 2 is 2.18 bits per heavy atom. The normalized spacial score (nSPS) is 12.9. The molecule has 0 heterocycles. The Bertz CT molecular complexity index is 303. The van der Waals surface area contributed by atoms with Gasteiger partial charge < -0.3 is 10.3 Å². The van der Waals surface area contributed by atoms with Gasteiger partial charge in [-0.1, -0.05) is 15.9 Å². The molecule has 0 fully saturated rings. The molecule has 2 N–H and O–H groups in total. The molecule has 60 valence electrons. The second-order valence-corrected chi connectivity index (χ2v) is 3.74. The van der Waals surface area contributed by atoms with E-state index in [9.17, 15) is 8.76 Å². The highest BCUT2D eigenvalue weighted by atomic mass is 79.9. The molecule has 0 bridgehead atoms. The number of rotatable bonds is 1. The maximum absolute atomic E-state index is 10.4. The number of anilines is 1. The van der Waals surface area contributed by atoms with Crippen LogP contribution >= 0.6 is 15.9 Å². The Balaban J connectivity index is 3.20. The van der Waals surface area contributed by atoms with Crippen LogP contribution in [0.4, 0.5) is 5.69 Å². The minimum atomic E-state index is -2.24. The molecule has 11 heavy (non-hydrogen) atoms. The lowest BCUT2D eigenvalue weighted by Gasteiger charge is -2.07. The number of halogens is 1. The predicted molar refractivity (Wildman–Crippen MR) is 45.7 cm³/mol. The van der Waals surface area contributed by atoms with Crippen molar-refractivity contribution in [1.29, 1.82) is 0 Å². The summed E-state index contributed by atoms with van der Waals surface area (Å²) < 4.78 is 21.6. The summed E-state index contributed by atoms with van der Waals surface area (Å²) in [7, 11) is 0. The summed E-state index contributed by atoms with van der Waals surface area (Å²) in [6, 6.07) is 4.62. The first kappa shape index (κ1) is 8.70. The van der Waals surface area contributed by atoms with E-state index in [4.69, 9.17) is 5.73 Å². The molecule has 0 saturated heterocycles. The molecule has 0 aliphatic rings. The lowest BCUT2D eigenvalue weighted by atomic mass is 10.3. The summed E-state index contributed by atoms with van der Waals surface area (Å²) in [6.45, 7) is 0. The maximum atomic E-state index is 10.4. The molecule has 1 aromatic carbocycles. The smallest absolute Gasteiger partial charge is 0.0479 e. The molecule has 0 aliphatic carbocycles. The summed E-state index contributed by atoms with van der Waals surface area (Å²) in [5.41, 5.74) is 5.66. The van der Waals surface area contributed by atoms with Crippen LogP contribution in [0.15, 0.2) is 27.6 Å². The number of nitrogen functional groups attached to an aromatic ring is 1. The van der Waals surface area contributed by atoms with Crippen molar-refractivity contribution in [2.45, 2.75) is 4.90 Å². The van der Waals surface area contributed by atoms with Crippen molar-refractivity contribution in [3.8, 4) is 0 Å². The minimum Gasteiger partial charge on any atom is -0.768 e. The van der Waals surface area contributed by atoms with E-state index >= 15 is 0 Å². The van der Waals surface area contributed by atoms with E-state index in [1.54, 1.807) is 12.1 Å². The minimum absolute atomic E-state index is 0.133. The summed E-state index contributed by atoms with van der Waals surface area (Å²) in [5.74, 6) is 0. The van der Waals surface area contributed by atoms with Gasteiger partial charge in [-0.25, -0.2) is 0 Å². The molecule has 0 radical (unpaired) electrons. The molecular formula is C6H5BrNO2S-. The predicted octanol–water partition coefficient (Wildman–Crippen LogP) is 1.27. The van der Waals surface area contributed by atoms with Crippen molar-refractivity contribution < 1.29 is 8.76 Å². The second kappa shape index (κ2) is 3.34. The van der Waals surface area contributed by atoms with Crippen molar-refractivity contribution in [2.24, 2.45) is 0 Å². The zero-order valence-electron chi connectivity index (χ0n) is 5.41. The van der Waals surface area contributed by atoms with E-state index in [-0.39, 0.29) is 10.6 Å². The van der Waals surface area contributed by atoms with E-state index in [1.807, 2.05) is 0 Å². The molecule has 1 rings (SSSR count). The van der Waals surface area contributed by atoms with E-state index in [0.29, 0.717) is 0 Å². The molecule has 0 saturated carbocycles. The van der Waals surface area contributed by atoms with Gasteiger partial charge in [0.15, 0.2) is 0 Å². The van der Waals surface area contributed by atoms with Crippen molar-refractivity contribution in [3.05, 3.63) is 22.7 Å². The van der Waals surface area contributed by atoms with Gasteiger partial charge >= 0.3 is 0 Å². The highest BCUT2D eigenvalue weighted by Gasteiger charge is 1.98. The summed E-state index contributed by atoms with van der Waals surface area (Å²) >= 11 is 0.920. The van der Waals surface area contributed by atoms with Gasteiger partial charge in [0.2, 0.25) is 0 Å². The van der Waals surface area contributed by atoms with Gasteiger partial charge in [-0.15, -0.1) is 0 Å². The number of hydrogen-bond donors (Lipinski definition) is 1. The standard InChI is InChI=1S/C6H6BrNO2S/c7-4-1-2-6(11(9)10)5(8)3-4/h1-3H,8H2,(H,9,10)/p-1. The molecule has 1 aromatic rings. The Morgan fingerprint density at radius 1 is 1.55 bits per heavy atom. The Hall–Kier alpha value is -0.390. The molecule has 0 aliphatic heterocycles. The van der Waals surface area contributed by atoms with Crippen LogP contribution in [0.3, 0.4) is 0 Å². The van der Waals surface area contributed by atoms with Crippen LogP contribution < -0.4 is 5.73 Å². The maximum Gasteiger partial charge on any atom is 0.0479 e. The van der Waals surface area contributed by atoms with Crippen LogP contribution in [-0.4, -0.2) is 8.76 Å². The second-order valence-electron chi connectivity index (χ2n) is 1.92. The molecule has 0 aromatic heterocycles. The van der Waals surface area contributed by atoms with Crippen LogP contribution in [0.25, 0.3) is 0 Å². The SMILES string of the molecule is Nc1cc(Br)ccc1S(=O)[O-]. The first-order chi connectivity index (χ1) is 5.11. The van der Waals surface area contributed by atoms with Gasteiger partial charge in [-0.2, -0.15) is 0 Å². The first-order valence-corrected chi connectivity index (χ1v) is 4.62. The van der Waals surface area contributed by atoms with Crippen molar-refractivity contribution in [3.63, 3.8) is 0 Å². The Morgan fingerprint density at radius 3 is 2.64 bits per heavy atom.